The Balaban J connectivity index is 1.29. The van der Waals surface area contributed by atoms with E-state index in [0.717, 1.165) is 11.3 Å². The lowest BCUT2D eigenvalue weighted by atomic mass is 10.0. The normalized spacial score (nSPS) is 20.8. The van der Waals surface area contributed by atoms with Gasteiger partial charge in [-0.25, -0.2) is 9.59 Å². The number of para-hydroxylation sites is 1. The number of nitrogens with zero attached hydrogens (tertiary/aromatic N) is 1. The third kappa shape index (κ3) is 7.81. The molecule has 10 nitrogen and oxygen atoms in total. The van der Waals surface area contributed by atoms with Crippen molar-refractivity contribution in [3.05, 3.63) is 66.2 Å². The van der Waals surface area contributed by atoms with E-state index in [1.165, 1.54) is 4.90 Å². The van der Waals surface area contributed by atoms with Crippen molar-refractivity contribution in [2.45, 2.75) is 51.3 Å². The van der Waals surface area contributed by atoms with Crippen LogP contribution >= 0.6 is 0 Å². The van der Waals surface area contributed by atoms with Crippen LogP contribution in [0.5, 0.6) is 5.75 Å². The van der Waals surface area contributed by atoms with Crippen LogP contribution in [0.3, 0.4) is 0 Å². The highest BCUT2D eigenvalue weighted by Crippen LogP contribution is 2.59. The summed E-state index contributed by atoms with van der Waals surface area (Å²) in [7, 11) is 0. The summed E-state index contributed by atoms with van der Waals surface area (Å²) in [5, 5.41) is 2.67. The van der Waals surface area contributed by atoms with Crippen LogP contribution in [0.1, 0.15) is 38.2 Å². The highest BCUT2D eigenvalue weighted by Gasteiger charge is 2.67. The lowest BCUT2D eigenvalue weighted by molar-refractivity contribution is -0.155. The van der Waals surface area contributed by atoms with Gasteiger partial charge in [0.25, 0.3) is 0 Å². The van der Waals surface area contributed by atoms with Gasteiger partial charge in [0, 0.05) is 17.9 Å². The maximum atomic E-state index is 13.3. The zero-order valence-corrected chi connectivity index (χ0v) is 22.7. The summed E-state index contributed by atoms with van der Waals surface area (Å²) >= 11 is 0. The van der Waals surface area contributed by atoms with Crippen molar-refractivity contribution >= 4 is 23.8 Å². The van der Waals surface area contributed by atoms with Crippen LogP contribution in [0, 0.1) is 5.41 Å². The Morgan fingerprint density at radius 1 is 0.975 bits per heavy atom. The van der Waals surface area contributed by atoms with Crippen molar-refractivity contribution in [1.82, 2.24) is 10.2 Å². The molecule has 4 rings (SSSR count). The van der Waals surface area contributed by atoms with E-state index in [2.05, 4.69) is 5.32 Å². The Bertz CT molecular complexity index is 1160. The molecule has 1 aliphatic carbocycles. The summed E-state index contributed by atoms with van der Waals surface area (Å²) in [6.45, 7) is 2.26. The molecule has 1 N–H and O–H groups in total. The maximum Gasteiger partial charge on any atom is 0.332 e. The molecule has 10 heteroatoms. The summed E-state index contributed by atoms with van der Waals surface area (Å²) < 4.78 is 21.7. The van der Waals surface area contributed by atoms with Gasteiger partial charge >= 0.3 is 11.9 Å². The highest BCUT2D eigenvalue weighted by atomic mass is 16.6. The van der Waals surface area contributed by atoms with Gasteiger partial charge in [-0.3, -0.25) is 9.59 Å². The average molecular weight is 553 g/mol. The van der Waals surface area contributed by atoms with Gasteiger partial charge in [-0.15, -0.1) is 0 Å². The van der Waals surface area contributed by atoms with Gasteiger partial charge in [0.2, 0.25) is 11.8 Å². The van der Waals surface area contributed by atoms with Gasteiger partial charge in [0.15, 0.2) is 0 Å². The molecule has 40 heavy (non-hydrogen) atoms. The summed E-state index contributed by atoms with van der Waals surface area (Å²) in [5.74, 6) is -0.856. The number of rotatable bonds is 15. The van der Waals surface area contributed by atoms with Crippen LogP contribution in [0.2, 0.25) is 0 Å². The lowest BCUT2D eigenvalue weighted by Gasteiger charge is -2.26. The van der Waals surface area contributed by atoms with E-state index in [1.807, 2.05) is 60.7 Å². The van der Waals surface area contributed by atoms with E-state index in [9.17, 15) is 19.2 Å². The molecule has 3 atom stereocenters. The number of benzene rings is 2. The Labute approximate surface area is 233 Å². The van der Waals surface area contributed by atoms with Crippen molar-refractivity contribution < 1.29 is 38.1 Å². The minimum absolute atomic E-state index is 0.0943. The topological polar surface area (TPSA) is 120 Å². The Hall–Kier alpha value is -3.92. The molecule has 1 saturated carbocycles. The molecule has 1 heterocycles. The zero-order chi connectivity index (χ0) is 28.4. The number of carbonyl (C=O) groups excluding carboxylic acids is 4. The molecular formula is C30H36N2O8. The van der Waals surface area contributed by atoms with Crippen LogP contribution in [-0.4, -0.2) is 73.7 Å². The average Bonchev–Trinajstić information content (AvgIpc) is 3.56. The first-order valence-corrected chi connectivity index (χ1v) is 13.6. The van der Waals surface area contributed by atoms with Crippen LogP contribution in [0.4, 0.5) is 0 Å². The van der Waals surface area contributed by atoms with Crippen molar-refractivity contribution in [1.29, 1.82) is 0 Å². The van der Waals surface area contributed by atoms with E-state index in [-0.39, 0.29) is 57.2 Å². The van der Waals surface area contributed by atoms with E-state index in [0.29, 0.717) is 25.9 Å². The quantitative estimate of drug-likeness (QED) is 0.265. The van der Waals surface area contributed by atoms with E-state index >= 15 is 0 Å². The standard InChI is InChI=1S/C30H36N2O8/c1-2-38-28(35)20-37-21-30-16-24(29(36)40-19-22-10-5-3-6-11-22)32(25(30)17-30)27(34)18-31-26(33)14-9-15-39-23-12-7-4-8-13-23/h3-8,10-13,24-25H,2,9,14-21H2,1H3,(H,31,33)/t24-,25-,30+/m0/s1. The molecule has 2 aromatic rings. The molecule has 1 aliphatic heterocycles. The summed E-state index contributed by atoms with van der Waals surface area (Å²) in [6.07, 6.45) is 1.72. The SMILES string of the molecule is CCOC(=O)COC[C@@]12C[C@@H]1N(C(=O)CNC(=O)CCCOc1ccccc1)[C@H](C(=O)OCc1ccccc1)C2. The van der Waals surface area contributed by atoms with Gasteiger partial charge in [-0.2, -0.15) is 0 Å². The van der Waals surface area contributed by atoms with E-state index < -0.39 is 23.4 Å². The highest BCUT2D eigenvalue weighted by molar-refractivity contribution is 5.90. The van der Waals surface area contributed by atoms with Gasteiger partial charge in [0.1, 0.15) is 25.0 Å². The van der Waals surface area contributed by atoms with Gasteiger partial charge in [-0.1, -0.05) is 48.5 Å². The van der Waals surface area contributed by atoms with Gasteiger partial charge < -0.3 is 29.2 Å². The fourth-order valence-corrected chi connectivity index (χ4v) is 5.06. The summed E-state index contributed by atoms with van der Waals surface area (Å²) in [4.78, 5) is 51.9. The smallest absolute Gasteiger partial charge is 0.332 e. The summed E-state index contributed by atoms with van der Waals surface area (Å²) in [6, 6.07) is 17.6. The molecule has 2 aliphatic rings. The van der Waals surface area contributed by atoms with Crippen molar-refractivity contribution in [2.24, 2.45) is 5.41 Å². The molecule has 214 valence electrons. The first-order valence-electron chi connectivity index (χ1n) is 13.6. The van der Waals surface area contributed by atoms with Crippen molar-refractivity contribution in [2.75, 3.05) is 33.0 Å². The lowest BCUT2D eigenvalue weighted by Crippen LogP contribution is -2.48. The van der Waals surface area contributed by atoms with Crippen LogP contribution < -0.4 is 10.1 Å². The molecule has 0 unspecified atom stereocenters. The molecule has 2 fully saturated rings. The largest absolute Gasteiger partial charge is 0.494 e. The second-order valence-electron chi connectivity index (χ2n) is 10.0. The second-order valence-corrected chi connectivity index (χ2v) is 10.0. The second kappa shape index (κ2) is 13.9. The number of likely N-dealkylation sites (tertiary alicyclic amines) is 1. The predicted octanol–water partition coefficient (Wildman–Crippen LogP) is 2.64. The fourth-order valence-electron chi connectivity index (χ4n) is 5.06. The number of hydrogen-bond acceptors (Lipinski definition) is 8. The molecule has 2 amide bonds. The maximum absolute atomic E-state index is 13.3. The number of ether oxygens (including phenoxy) is 4. The number of hydrogen-bond donors (Lipinski definition) is 1. The fraction of sp³-hybridized carbons (Fsp3) is 0.467. The van der Waals surface area contributed by atoms with E-state index in [4.69, 9.17) is 18.9 Å². The molecule has 0 radical (unpaired) electrons. The number of piperidine rings is 1. The molecular weight excluding hydrogens is 516 g/mol. The minimum atomic E-state index is -0.794. The van der Waals surface area contributed by atoms with Crippen LogP contribution in [0.15, 0.2) is 60.7 Å². The van der Waals surface area contributed by atoms with E-state index in [1.54, 1.807) is 6.92 Å². The molecule has 0 bridgehead atoms. The third-order valence-corrected chi connectivity index (χ3v) is 7.11. The van der Waals surface area contributed by atoms with Crippen molar-refractivity contribution in [3.8, 4) is 5.75 Å². The number of amides is 2. The Kier molecular flexibility index (Phi) is 10.1. The molecule has 0 spiro atoms. The Morgan fingerprint density at radius 2 is 1.70 bits per heavy atom. The molecule has 2 aromatic carbocycles. The first kappa shape index (κ1) is 29.1. The monoisotopic (exact) mass is 552 g/mol. The van der Waals surface area contributed by atoms with Crippen LogP contribution in [0.25, 0.3) is 0 Å². The first-order chi connectivity index (χ1) is 19.4. The summed E-state index contributed by atoms with van der Waals surface area (Å²) in [5.41, 5.74) is 0.407. The predicted molar refractivity (Wildman–Crippen MR) is 144 cm³/mol. The van der Waals surface area contributed by atoms with Gasteiger partial charge in [-0.05, 0) is 43.9 Å². The Morgan fingerprint density at radius 3 is 2.42 bits per heavy atom. The van der Waals surface area contributed by atoms with Gasteiger partial charge in [0.05, 0.1) is 26.4 Å². The number of esters is 2. The van der Waals surface area contributed by atoms with Crippen LogP contribution in [-0.2, 0) is 40.0 Å². The number of fused-ring (bicyclic) bond motifs is 1. The third-order valence-electron chi connectivity index (χ3n) is 7.11. The zero-order valence-electron chi connectivity index (χ0n) is 22.7. The number of nitrogens with one attached hydrogen (secondary N) is 1. The van der Waals surface area contributed by atoms with Crippen molar-refractivity contribution in [3.63, 3.8) is 0 Å². The molecule has 0 aromatic heterocycles. The number of carbonyl (C=O) groups is 4. The minimum Gasteiger partial charge on any atom is -0.494 e. The molecule has 1 saturated heterocycles.